The molecule has 0 radical (unpaired) electrons. The van der Waals surface area contributed by atoms with Crippen molar-refractivity contribution in [2.24, 2.45) is 0 Å². The highest BCUT2D eigenvalue weighted by molar-refractivity contribution is 5.89. The topological polar surface area (TPSA) is 70.6 Å². The Morgan fingerprint density at radius 2 is 2.06 bits per heavy atom. The predicted octanol–water partition coefficient (Wildman–Crippen LogP) is 1.59. The average molecular weight is 238 g/mol. The van der Waals surface area contributed by atoms with Gasteiger partial charge in [0.2, 0.25) is 0 Å². The number of urea groups is 1. The van der Waals surface area contributed by atoms with E-state index in [1.807, 2.05) is 6.92 Å². The molecule has 5 nitrogen and oxygen atoms in total. The Bertz CT molecular complexity index is 349. The Labute approximate surface area is 101 Å². The van der Waals surface area contributed by atoms with E-state index in [2.05, 4.69) is 10.6 Å². The van der Waals surface area contributed by atoms with E-state index >= 15 is 0 Å². The van der Waals surface area contributed by atoms with Crippen molar-refractivity contribution in [2.75, 3.05) is 18.5 Å². The molecular formula is C12H18N2O3. The number of benzene rings is 1. The van der Waals surface area contributed by atoms with Gasteiger partial charge in [-0.2, -0.15) is 0 Å². The zero-order valence-electron chi connectivity index (χ0n) is 10.1. The van der Waals surface area contributed by atoms with E-state index in [1.165, 1.54) is 0 Å². The summed E-state index contributed by atoms with van der Waals surface area (Å²) in [7, 11) is 0. The van der Waals surface area contributed by atoms with Crippen LogP contribution in [-0.2, 0) is 0 Å². The zero-order chi connectivity index (χ0) is 12.7. The summed E-state index contributed by atoms with van der Waals surface area (Å²) in [6, 6.07) is 6.75. The lowest BCUT2D eigenvalue weighted by Crippen LogP contribution is -2.34. The largest absolute Gasteiger partial charge is 0.494 e. The van der Waals surface area contributed by atoms with Crippen molar-refractivity contribution in [3.63, 3.8) is 0 Å². The molecule has 5 heteroatoms. The lowest BCUT2D eigenvalue weighted by molar-refractivity contribution is 0.190. The van der Waals surface area contributed by atoms with Crippen molar-refractivity contribution < 1.29 is 14.6 Å². The van der Waals surface area contributed by atoms with E-state index < -0.39 is 6.10 Å². The molecule has 94 valence electrons. The molecule has 1 unspecified atom stereocenters. The SMILES string of the molecule is CCOc1ccc(NC(=O)NCC(C)O)cc1. The summed E-state index contributed by atoms with van der Waals surface area (Å²) in [6.07, 6.45) is -0.555. The second kappa shape index (κ2) is 6.75. The predicted molar refractivity (Wildman–Crippen MR) is 66.3 cm³/mol. The lowest BCUT2D eigenvalue weighted by Gasteiger charge is -2.09. The Kier molecular flexibility index (Phi) is 5.29. The summed E-state index contributed by atoms with van der Waals surface area (Å²) in [4.78, 5) is 11.4. The fourth-order valence-electron chi connectivity index (χ4n) is 1.22. The van der Waals surface area contributed by atoms with E-state index in [-0.39, 0.29) is 12.6 Å². The number of carbonyl (C=O) groups is 1. The first kappa shape index (κ1) is 13.3. The smallest absolute Gasteiger partial charge is 0.319 e. The molecule has 17 heavy (non-hydrogen) atoms. The molecule has 0 fully saturated rings. The van der Waals surface area contributed by atoms with Gasteiger partial charge in [0, 0.05) is 12.2 Å². The van der Waals surface area contributed by atoms with Gasteiger partial charge in [0.25, 0.3) is 0 Å². The number of amides is 2. The van der Waals surface area contributed by atoms with E-state index in [0.29, 0.717) is 12.3 Å². The van der Waals surface area contributed by atoms with Crippen molar-refractivity contribution in [1.82, 2.24) is 5.32 Å². The van der Waals surface area contributed by atoms with Crippen LogP contribution in [0.25, 0.3) is 0 Å². The van der Waals surface area contributed by atoms with Crippen LogP contribution in [0.15, 0.2) is 24.3 Å². The molecule has 1 aromatic rings. The van der Waals surface area contributed by atoms with E-state index in [1.54, 1.807) is 31.2 Å². The maximum absolute atomic E-state index is 11.4. The Morgan fingerprint density at radius 3 is 2.59 bits per heavy atom. The maximum Gasteiger partial charge on any atom is 0.319 e. The third kappa shape index (κ3) is 5.21. The highest BCUT2D eigenvalue weighted by Gasteiger charge is 2.03. The number of ether oxygens (including phenoxy) is 1. The molecule has 1 aromatic carbocycles. The van der Waals surface area contributed by atoms with Gasteiger partial charge < -0.3 is 20.5 Å². The molecule has 3 N–H and O–H groups in total. The summed E-state index contributed by atoms with van der Waals surface area (Å²) in [5, 5.41) is 14.2. The van der Waals surface area contributed by atoms with Crippen molar-refractivity contribution in [3.05, 3.63) is 24.3 Å². The van der Waals surface area contributed by atoms with Crippen LogP contribution in [0.4, 0.5) is 10.5 Å². The van der Waals surface area contributed by atoms with E-state index in [4.69, 9.17) is 9.84 Å². The molecule has 1 atom stereocenters. The first-order valence-electron chi connectivity index (χ1n) is 5.57. The van der Waals surface area contributed by atoms with Crippen LogP contribution in [0.2, 0.25) is 0 Å². The summed E-state index contributed by atoms with van der Waals surface area (Å²) in [5.74, 6) is 0.766. The van der Waals surface area contributed by atoms with Crippen molar-refractivity contribution in [3.8, 4) is 5.75 Å². The minimum atomic E-state index is -0.555. The van der Waals surface area contributed by atoms with Crippen LogP contribution in [0.1, 0.15) is 13.8 Å². The first-order chi connectivity index (χ1) is 8.11. The van der Waals surface area contributed by atoms with E-state index in [9.17, 15) is 4.79 Å². The number of carbonyl (C=O) groups excluding carboxylic acids is 1. The molecule has 0 bridgehead atoms. The van der Waals surface area contributed by atoms with Gasteiger partial charge in [0.1, 0.15) is 5.75 Å². The summed E-state index contributed by atoms with van der Waals surface area (Å²) < 4.78 is 5.28. The number of anilines is 1. The average Bonchev–Trinajstić information content (AvgIpc) is 2.29. The number of aliphatic hydroxyl groups excluding tert-OH is 1. The molecule has 1 rings (SSSR count). The molecule has 0 spiro atoms. The van der Waals surface area contributed by atoms with Gasteiger partial charge in [-0.1, -0.05) is 0 Å². The van der Waals surface area contributed by atoms with Gasteiger partial charge in [-0.05, 0) is 38.1 Å². The second-order valence-electron chi connectivity index (χ2n) is 3.64. The van der Waals surface area contributed by atoms with Gasteiger partial charge in [-0.3, -0.25) is 0 Å². The lowest BCUT2D eigenvalue weighted by atomic mass is 10.3. The fraction of sp³-hybridized carbons (Fsp3) is 0.417. The van der Waals surface area contributed by atoms with Gasteiger partial charge in [-0.15, -0.1) is 0 Å². The minimum absolute atomic E-state index is 0.225. The van der Waals surface area contributed by atoms with Crippen molar-refractivity contribution in [1.29, 1.82) is 0 Å². The molecule has 0 aliphatic rings. The van der Waals surface area contributed by atoms with Gasteiger partial charge in [0.05, 0.1) is 12.7 Å². The van der Waals surface area contributed by atoms with Gasteiger partial charge in [-0.25, -0.2) is 4.79 Å². The number of hydrogen-bond acceptors (Lipinski definition) is 3. The summed E-state index contributed by atoms with van der Waals surface area (Å²) in [5.41, 5.74) is 0.677. The fourth-order valence-corrected chi connectivity index (χ4v) is 1.22. The Balaban J connectivity index is 2.43. The van der Waals surface area contributed by atoms with Crippen LogP contribution in [0.5, 0.6) is 5.75 Å². The molecule has 0 heterocycles. The minimum Gasteiger partial charge on any atom is -0.494 e. The summed E-state index contributed by atoms with van der Waals surface area (Å²) in [6.45, 7) is 4.36. The maximum atomic E-state index is 11.4. The van der Waals surface area contributed by atoms with Gasteiger partial charge in [0.15, 0.2) is 0 Å². The van der Waals surface area contributed by atoms with Gasteiger partial charge >= 0.3 is 6.03 Å². The Morgan fingerprint density at radius 1 is 1.41 bits per heavy atom. The van der Waals surface area contributed by atoms with Crippen LogP contribution < -0.4 is 15.4 Å². The number of aliphatic hydroxyl groups is 1. The molecule has 0 aliphatic carbocycles. The van der Waals surface area contributed by atoms with Crippen molar-refractivity contribution in [2.45, 2.75) is 20.0 Å². The van der Waals surface area contributed by atoms with Crippen molar-refractivity contribution >= 4 is 11.7 Å². The number of rotatable bonds is 5. The van der Waals surface area contributed by atoms with Crippen LogP contribution in [0.3, 0.4) is 0 Å². The highest BCUT2D eigenvalue weighted by Crippen LogP contribution is 2.15. The zero-order valence-corrected chi connectivity index (χ0v) is 10.1. The highest BCUT2D eigenvalue weighted by atomic mass is 16.5. The Hall–Kier alpha value is -1.75. The number of hydrogen-bond donors (Lipinski definition) is 3. The summed E-state index contributed by atoms with van der Waals surface area (Å²) >= 11 is 0. The molecule has 0 aliphatic heterocycles. The molecule has 0 aromatic heterocycles. The van der Waals surface area contributed by atoms with Crippen LogP contribution in [0, 0.1) is 0 Å². The second-order valence-corrected chi connectivity index (χ2v) is 3.64. The monoisotopic (exact) mass is 238 g/mol. The molecule has 0 saturated heterocycles. The van der Waals surface area contributed by atoms with Crippen LogP contribution in [-0.4, -0.2) is 30.4 Å². The third-order valence-electron chi connectivity index (χ3n) is 1.98. The first-order valence-corrected chi connectivity index (χ1v) is 5.57. The molecule has 2 amide bonds. The third-order valence-corrected chi connectivity index (χ3v) is 1.98. The van der Waals surface area contributed by atoms with Crippen LogP contribution >= 0.6 is 0 Å². The van der Waals surface area contributed by atoms with E-state index in [0.717, 1.165) is 5.75 Å². The molecular weight excluding hydrogens is 220 g/mol. The standard InChI is InChI=1S/C12H18N2O3/c1-3-17-11-6-4-10(5-7-11)14-12(16)13-8-9(2)15/h4-7,9,15H,3,8H2,1-2H3,(H2,13,14,16). The quantitative estimate of drug-likeness (QED) is 0.729. The molecule has 0 saturated carbocycles. The normalized spacial score (nSPS) is 11.7. The number of nitrogens with one attached hydrogen (secondary N) is 2.